The summed E-state index contributed by atoms with van der Waals surface area (Å²) >= 11 is 0. The predicted molar refractivity (Wildman–Crippen MR) is 100 cm³/mol. The Morgan fingerprint density at radius 3 is 2.44 bits per heavy atom. The van der Waals surface area contributed by atoms with Gasteiger partial charge in [0, 0.05) is 24.8 Å². The summed E-state index contributed by atoms with van der Waals surface area (Å²) in [6.07, 6.45) is 2.95. The third-order valence-corrected chi connectivity index (χ3v) is 4.57. The minimum absolute atomic E-state index is 0.119. The normalized spacial score (nSPS) is 11.3. The molecule has 1 aromatic heterocycles. The lowest BCUT2D eigenvalue weighted by Crippen LogP contribution is -2.12. The van der Waals surface area contributed by atoms with Crippen LogP contribution in [0.1, 0.15) is 31.0 Å². The van der Waals surface area contributed by atoms with Gasteiger partial charge in [-0.1, -0.05) is 25.5 Å². The lowest BCUT2D eigenvalue weighted by molar-refractivity contribution is 0.598. The number of nitrogens with one attached hydrogen (secondary N) is 2. The molecule has 0 fully saturated rings. The van der Waals surface area contributed by atoms with Crippen molar-refractivity contribution in [2.45, 2.75) is 38.0 Å². The van der Waals surface area contributed by atoms with Crippen LogP contribution in [-0.2, 0) is 16.4 Å². The molecule has 0 atom stereocenters. The fraction of sp³-hybridized carbons (Fsp3) is 0.412. The Kier molecular flexibility index (Phi) is 6.72. The fourth-order valence-electron chi connectivity index (χ4n) is 2.30. The lowest BCUT2D eigenvalue weighted by atomic mass is 10.1. The van der Waals surface area contributed by atoms with Crippen LogP contribution in [0.15, 0.2) is 35.2 Å². The average molecular weight is 363 g/mol. The van der Waals surface area contributed by atoms with Crippen molar-refractivity contribution in [1.29, 1.82) is 0 Å². The highest BCUT2D eigenvalue weighted by Crippen LogP contribution is 2.11. The summed E-state index contributed by atoms with van der Waals surface area (Å²) in [5.41, 5.74) is 1.91. The summed E-state index contributed by atoms with van der Waals surface area (Å²) in [6, 6.07) is 8.48. The first-order valence-corrected chi connectivity index (χ1v) is 9.88. The van der Waals surface area contributed by atoms with E-state index in [-0.39, 0.29) is 4.90 Å². The van der Waals surface area contributed by atoms with E-state index in [1.807, 2.05) is 13.0 Å². The van der Waals surface area contributed by atoms with Gasteiger partial charge in [0.25, 0.3) is 0 Å². The molecule has 0 aliphatic heterocycles. The molecule has 0 saturated carbocycles. The van der Waals surface area contributed by atoms with Crippen LogP contribution in [0.4, 0.5) is 11.8 Å². The van der Waals surface area contributed by atoms with Crippen molar-refractivity contribution in [2.75, 3.05) is 23.7 Å². The summed E-state index contributed by atoms with van der Waals surface area (Å²) in [7, 11) is -3.64. The second-order valence-electron chi connectivity index (χ2n) is 5.86. The minimum Gasteiger partial charge on any atom is -0.370 e. The topological polar surface area (TPSA) is 110 Å². The first-order valence-electron chi connectivity index (χ1n) is 8.33. The number of primary sulfonamides is 1. The van der Waals surface area contributed by atoms with Gasteiger partial charge >= 0.3 is 0 Å². The number of benzene rings is 1. The maximum atomic E-state index is 11.2. The molecule has 2 rings (SSSR count). The molecule has 0 saturated heterocycles. The van der Waals surface area contributed by atoms with Crippen LogP contribution in [0.25, 0.3) is 0 Å². The lowest BCUT2D eigenvalue weighted by Gasteiger charge is -2.10. The van der Waals surface area contributed by atoms with Crippen molar-refractivity contribution >= 4 is 21.8 Å². The van der Waals surface area contributed by atoms with E-state index in [0.717, 1.165) is 42.9 Å². The Labute approximate surface area is 149 Å². The summed E-state index contributed by atoms with van der Waals surface area (Å²) in [5.74, 6) is 1.40. The molecule has 0 bridgehead atoms. The van der Waals surface area contributed by atoms with Gasteiger partial charge < -0.3 is 10.6 Å². The van der Waals surface area contributed by atoms with Crippen LogP contribution in [-0.4, -0.2) is 31.5 Å². The Morgan fingerprint density at radius 2 is 1.80 bits per heavy atom. The number of nitrogens with zero attached hydrogens (tertiary/aromatic N) is 2. The molecule has 0 radical (unpaired) electrons. The molecule has 0 aliphatic rings. The van der Waals surface area contributed by atoms with Crippen LogP contribution in [0.2, 0.25) is 0 Å². The highest BCUT2D eigenvalue weighted by Gasteiger charge is 2.07. The SMILES string of the molecule is CCCCNc1cc(C)nc(NCCc2ccc(S(N)(=O)=O)cc2)n1. The number of anilines is 2. The molecule has 25 heavy (non-hydrogen) atoms. The highest BCUT2D eigenvalue weighted by atomic mass is 32.2. The molecule has 7 nitrogen and oxygen atoms in total. The van der Waals surface area contributed by atoms with Crippen molar-refractivity contribution in [3.63, 3.8) is 0 Å². The van der Waals surface area contributed by atoms with Crippen LogP contribution in [0.5, 0.6) is 0 Å². The Hall–Kier alpha value is -2.19. The van der Waals surface area contributed by atoms with Gasteiger partial charge in [-0.15, -0.1) is 0 Å². The van der Waals surface area contributed by atoms with Gasteiger partial charge in [-0.25, -0.2) is 18.5 Å². The molecule has 0 aliphatic carbocycles. The number of unbranched alkanes of at least 4 members (excludes halogenated alkanes) is 1. The second-order valence-corrected chi connectivity index (χ2v) is 7.43. The molecular weight excluding hydrogens is 338 g/mol. The molecule has 8 heteroatoms. The van der Waals surface area contributed by atoms with Crippen LogP contribution in [0, 0.1) is 6.92 Å². The van der Waals surface area contributed by atoms with Gasteiger partial charge in [-0.2, -0.15) is 4.98 Å². The van der Waals surface area contributed by atoms with Crippen molar-refractivity contribution in [1.82, 2.24) is 9.97 Å². The zero-order valence-corrected chi connectivity index (χ0v) is 15.4. The van der Waals surface area contributed by atoms with E-state index in [0.29, 0.717) is 12.5 Å². The van der Waals surface area contributed by atoms with Crippen molar-refractivity contribution in [3.8, 4) is 0 Å². The Morgan fingerprint density at radius 1 is 1.08 bits per heavy atom. The van der Waals surface area contributed by atoms with E-state index in [2.05, 4.69) is 27.5 Å². The summed E-state index contributed by atoms with van der Waals surface area (Å²) in [5, 5.41) is 11.6. The first kappa shape index (κ1) is 19.1. The van der Waals surface area contributed by atoms with Gasteiger partial charge in [0.1, 0.15) is 5.82 Å². The van der Waals surface area contributed by atoms with Gasteiger partial charge in [0.15, 0.2) is 0 Å². The van der Waals surface area contributed by atoms with E-state index in [1.54, 1.807) is 12.1 Å². The zero-order chi connectivity index (χ0) is 18.3. The van der Waals surface area contributed by atoms with Gasteiger partial charge in [0.05, 0.1) is 4.90 Å². The maximum absolute atomic E-state index is 11.2. The average Bonchev–Trinajstić information content (AvgIpc) is 2.54. The summed E-state index contributed by atoms with van der Waals surface area (Å²) < 4.78 is 22.5. The molecule has 0 amide bonds. The van der Waals surface area contributed by atoms with Gasteiger partial charge in [0.2, 0.25) is 16.0 Å². The van der Waals surface area contributed by atoms with Gasteiger partial charge in [-0.05, 0) is 37.5 Å². The van der Waals surface area contributed by atoms with Crippen molar-refractivity contribution in [3.05, 3.63) is 41.6 Å². The van der Waals surface area contributed by atoms with Crippen LogP contribution in [0.3, 0.4) is 0 Å². The molecule has 4 N–H and O–H groups in total. The largest absolute Gasteiger partial charge is 0.370 e. The first-order chi connectivity index (χ1) is 11.9. The molecule has 1 heterocycles. The Bertz CT molecular complexity index is 791. The molecule has 1 aromatic carbocycles. The Balaban J connectivity index is 1.90. The summed E-state index contributed by atoms with van der Waals surface area (Å²) in [6.45, 7) is 5.62. The second kappa shape index (κ2) is 8.77. The van der Waals surface area contributed by atoms with Crippen LogP contribution >= 0.6 is 0 Å². The van der Waals surface area contributed by atoms with E-state index in [4.69, 9.17) is 5.14 Å². The maximum Gasteiger partial charge on any atom is 0.238 e. The number of hydrogen-bond acceptors (Lipinski definition) is 6. The quantitative estimate of drug-likeness (QED) is 0.590. The van der Waals surface area contributed by atoms with Crippen LogP contribution < -0.4 is 15.8 Å². The van der Waals surface area contributed by atoms with E-state index in [9.17, 15) is 8.42 Å². The third-order valence-electron chi connectivity index (χ3n) is 3.64. The highest BCUT2D eigenvalue weighted by molar-refractivity contribution is 7.89. The molecule has 2 aromatic rings. The standard InChI is InChI=1S/C17H25N5O2S/c1-3-4-10-19-16-12-13(2)21-17(22-16)20-11-9-14-5-7-15(8-6-14)25(18,23)24/h5-8,12H,3-4,9-11H2,1-2H3,(H2,18,23,24)(H2,19,20,21,22). The van der Waals surface area contributed by atoms with E-state index >= 15 is 0 Å². The third kappa shape index (κ3) is 6.32. The number of hydrogen-bond donors (Lipinski definition) is 3. The molecule has 0 spiro atoms. The number of aromatic nitrogens is 2. The minimum atomic E-state index is -3.64. The zero-order valence-electron chi connectivity index (χ0n) is 14.6. The number of aryl methyl sites for hydroxylation is 1. The monoisotopic (exact) mass is 363 g/mol. The summed E-state index contributed by atoms with van der Waals surface area (Å²) in [4.78, 5) is 8.95. The van der Waals surface area contributed by atoms with Crippen molar-refractivity contribution < 1.29 is 8.42 Å². The molecule has 0 unspecified atom stereocenters. The predicted octanol–water partition coefficient (Wildman–Crippen LogP) is 2.30. The number of sulfonamides is 1. The van der Waals surface area contributed by atoms with Crippen molar-refractivity contribution in [2.24, 2.45) is 5.14 Å². The smallest absolute Gasteiger partial charge is 0.238 e. The number of rotatable bonds is 9. The van der Waals surface area contributed by atoms with E-state index in [1.165, 1.54) is 12.1 Å². The fourth-order valence-corrected chi connectivity index (χ4v) is 2.81. The molecule has 136 valence electrons. The van der Waals surface area contributed by atoms with E-state index < -0.39 is 10.0 Å². The number of nitrogens with two attached hydrogens (primary N) is 1. The molecular formula is C17H25N5O2S. The van der Waals surface area contributed by atoms with Gasteiger partial charge in [-0.3, -0.25) is 0 Å².